The molecule has 4 aromatic rings. The molecule has 7 nitrogen and oxygen atoms in total. The molecule has 2 aromatic carbocycles. The molecule has 1 aliphatic carbocycles. The van der Waals surface area contributed by atoms with Crippen molar-refractivity contribution in [3.8, 4) is 11.5 Å². The Morgan fingerprint density at radius 2 is 2.00 bits per heavy atom. The molecule has 0 radical (unpaired) electrons. The van der Waals surface area contributed by atoms with Crippen molar-refractivity contribution in [3.63, 3.8) is 0 Å². The molecule has 0 bridgehead atoms. The van der Waals surface area contributed by atoms with Crippen LogP contribution in [-0.4, -0.2) is 49.2 Å². The molecule has 7 heteroatoms. The van der Waals surface area contributed by atoms with Gasteiger partial charge in [-0.25, -0.2) is 4.98 Å². The molecule has 2 aliphatic heterocycles. The Morgan fingerprint density at radius 1 is 1.17 bits per heavy atom. The van der Waals surface area contributed by atoms with E-state index in [0.29, 0.717) is 25.1 Å². The summed E-state index contributed by atoms with van der Waals surface area (Å²) >= 11 is 0. The third kappa shape index (κ3) is 3.48. The first-order valence-electron chi connectivity index (χ1n) is 13.3. The third-order valence-corrected chi connectivity index (χ3v) is 8.41. The number of carbonyl (C=O) groups excluding carboxylic acids is 1. The van der Waals surface area contributed by atoms with Crippen LogP contribution in [0.4, 0.5) is 0 Å². The second-order valence-electron chi connectivity index (χ2n) is 11.3. The van der Waals surface area contributed by atoms with Crippen LogP contribution in [0.1, 0.15) is 54.9 Å². The molecule has 2 aromatic heterocycles. The highest BCUT2D eigenvalue weighted by Gasteiger charge is 2.35. The second-order valence-corrected chi connectivity index (χ2v) is 11.3. The predicted octanol–water partition coefficient (Wildman–Crippen LogP) is 4.24. The largest absolute Gasteiger partial charge is 0.385 e. The topological polar surface area (TPSA) is 89.3 Å². The van der Waals surface area contributed by atoms with E-state index in [4.69, 9.17) is 10.7 Å². The molecule has 186 valence electrons. The Balaban J connectivity index is 1.41. The third-order valence-electron chi connectivity index (χ3n) is 8.41. The number of nitrogens with zero attached hydrogens (tertiary/aromatic N) is 4. The molecule has 0 spiro atoms. The van der Waals surface area contributed by atoms with E-state index in [1.807, 2.05) is 24.0 Å². The summed E-state index contributed by atoms with van der Waals surface area (Å²) in [5.74, 6) is 1.62. The zero-order valence-corrected chi connectivity index (χ0v) is 20.8. The molecule has 2 atom stereocenters. The SMILES string of the molecule is CC1(O)CCn2c(-c3cc4ccccc4n3CC3CC3)nc3cc(C(=O)N4CCC[C@@H](N)C4)cc1c32. The first-order chi connectivity index (χ1) is 17.4. The van der Waals surface area contributed by atoms with E-state index in [9.17, 15) is 9.90 Å². The van der Waals surface area contributed by atoms with Crippen molar-refractivity contribution in [1.29, 1.82) is 0 Å². The molecule has 4 heterocycles. The van der Waals surface area contributed by atoms with Crippen LogP contribution >= 0.6 is 0 Å². The highest BCUT2D eigenvalue weighted by Crippen LogP contribution is 2.42. The van der Waals surface area contributed by atoms with E-state index in [1.165, 1.54) is 23.7 Å². The van der Waals surface area contributed by atoms with Gasteiger partial charge in [0.25, 0.3) is 5.91 Å². The number of nitrogens with two attached hydrogens (primary N) is 1. The molecular formula is C29H33N5O2. The fourth-order valence-corrected chi connectivity index (χ4v) is 6.21. The highest BCUT2D eigenvalue weighted by molar-refractivity contribution is 5.99. The number of benzene rings is 2. The van der Waals surface area contributed by atoms with E-state index in [-0.39, 0.29) is 11.9 Å². The number of hydrogen-bond donors (Lipinski definition) is 2. The summed E-state index contributed by atoms with van der Waals surface area (Å²) in [4.78, 5) is 20.5. The van der Waals surface area contributed by atoms with E-state index in [2.05, 4.69) is 39.5 Å². The van der Waals surface area contributed by atoms with Crippen molar-refractivity contribution in [2.75, 3.05) is 13.1 Å². The van der Waals surface area contributed by atoms with E-state index >= 15 is 0 Å². The zero-order valence-electron chi connectivity index (χ0n) is 20.8. The number of rotatable bonds is 4. The van der Waals surface area contributed by atoms with Gasteiger partial charge in [0.15, 0.2) is 5.82 Å². The molecule has 1 unspecified atom stereocenters. The number of aryl methyl sites for hydroxylation is 1. The van der Waals surface area contributed by atoms with E-state index in [0.717, 1.165) is 60.0 Å². The number of imidazole rings is 1. The Labute approximate surface area is 210 Å². The van der Waals surface area contributed by atoms with Gasteiger partial charge in [0.1, 0.15) is 0 Å². The molecule has 36 heavy (non-hydrogen) atoms. The number of carbonyl (C=O) groups is 1. The smallest absolute Gasteiger partial charge is 0.253 e. The van der Waals surface area contributed by atoms with Crippen LogP contribution in [0.2, 0.25) is 0 Å². The summed E-state index contributed by atoms with van der Waals surface area (Å²) in [6.07, 6.45) is 5.00. The fraction of sp³-hybridized carbons (Fsp3) is 0.448. The van der Waals surface area contributed by atoms with Crippen molar-refractivity contribution in [2.24, 2.45) is 11.7 Å². The number of piperidine rings is 1. The Morgan fingerprint density at radius 3 is 2.81 bits per heavy atom. The van der Waals surface area contributed by atoms with Crippen molar-refractivity contribution >= 4 is 27.8 Å². The van der Waals surface area contributed by atoms with E-state index in [1.54, 1.807) is 0 Å². The number of aliphatic hydroxyl groups is 1. The van der Waals surface area contributed by atoms with Crippen LogP contribution in [0, 0.1) is 5.92 Å². The molecular weight excluding hydrogens is 450 g/mol. The lowest BCUT2D eigenvalue weighted by atomic mass is 9.87. The minimum Gasteiger partial charge on any atom is -0.385 e. The Kier molecular flexibility index (Phi) is 4.85. The fourth-order valence-electron chi connectivity index (χ4n) is 6.21. The first-order valence-corrected chi connectivity index (χ1v) is 13.3. The quantitative estimate of drug-likeness (QED) is 0.454. The van der Waals surface area contributed by atoms with Crippen molar-refractivity contribution in [3.05, 3.63) is 53.6 Å². The van der Waals surface area contributed by atoms with Crippen LogP contribution in [0.25, 0.3) is 33.5 Å². The number of hydrogen-bond acceptors (Lipinski definition) is 4. The maximum absolute atomic E-state index is 13.5. The molecule has 7 rings (SSSR count). The van der Waals surface area contributed by atoms with Gasteiger partial charge in [-0.15, -0.1) is 0 Å². The molecule has 1 saturated carbocycles. The van der Waals surface area contributed by atoms with Gasteiger partial charge in [0, 0.05) is 54.3 Å². The Hall–Kier alpha value is -3.16. The minimum atomic E-state index is -1.01. The summed E-state index contributed by atoms with van der Waals surface area (Å²) in [6, 6.07) is 14.6. The summed E-state index contributed by atoms with van der Waals surface area (Å²) in [7, 11) is 0. The first kappa shape index (κ1) is 22.1. The van der Waals surface area contributed by atoms with Gasteiger partial charge in [0.2, 0.25) is 0 Å². The van der Waals surface area contributed by atoms with Crippen molar-refractivity contribution in [2.45, 2.75) is 63.8 Å². The molecule has 2 fully saturated rings. The summed E-state index contributed by atoms with van der Waals surface area (Å²) in [5.41, 5.74) is 10.6. The maximum atomic E-state index is 13.5. The lowest BCUT2D eigenvalue weighted by molar-refractivity contribution is 0.0398. The van der Waals surface area contributed by atoms with Crippen LogP contribution < -0.4 is 5.73 Å². The number of likely N-dealkylation sites (tertiary alicyclic amines) is 1. The monoisotopic (exact) mass is 483 g/mol. The average Bonchev–Trinajstić information content (AvgIpc) is 3.51. The van der Waals surface area contributed by atoms with Crippen molar-refractivity contribution in [1.82, 2.24) is 19.0 Å². The standard InChI is InChI=1S/C29H33N5O2/c1-29(36)10-12-33-26-22(29)13-20(28(35)32-11-4-6-21(30)17-32)14-23(26)31-27(33)25-15-19-5-2-3-7-24(19)34(25)16-18-8-9-18/h2-3,5,7,13-15,18,21,36H,4,6,8-12,16-17,30H2,1H3/t21-,29?/m1/s1. The predicted molar refractivity (Wildman–Crippen MR) is 141 cm³/mol. The number of aromatic nitrogens is 3. The van der Waals surface area contributed by atoms with Crippen LogP contribution in [0.3, 0.4) is 0 Å². The summed E-state index contributed by atoms with van der Waals surface area (Å²) in [5, 5.41) is 12.6. The van der Waals surface area contributed by atoms with Gasteiger partial charge in [-0.05, 0) is 69.2 Å². The zero-order chi connectivity index (χ0) is 24.6. The van der Waals surface area contributed by atoms with Gasteiger partial charge < -0.3 is 24.9 Å². The maximum Gasteiger partial charge on any atom is 0.253 e. The normalized spacial score (nSPS) is 24.1. The second kappa shape index (κ2) is 7.92. The van der Waals surface area contributed by atoms with Gasteiger partial charge in [-0.3, -0.25) is 4.79 Å². The number of para-hydroxylation sites is 1. The molecule has 3 N–H and O–H groups in total. The summed E-state index contributed by atoms with van der Waals surface area (Å²) in [6.45, 7) is 4.83. The van der Waals surface area contributed by atoms with Gasteiger partial charge in [0.05, 0.1) is 22.3 Å². The number of fused-ring (bicyclic) bond motifs is 1. The van der Waals surface area contributed by atoms with Crippen molar-refractivity contribution < 1.29 is 9.90 Å². The lowest BCUT2D eigenvalue weighted by Crippen LogP contribution is -2.45. The highest BCUT2D eigenvalue weighted by atomic mass is 16.3. The van der Waals surface area contributed by atoms with Crippen LogP contribution in [-0.2, 0) is 18.7 Å². The van der Waals surface area contributed by atoms with Crippen LogP contribution in [0.15, 0.2) is 42.5 Å². The molecule has 1 amide bonds. The molecule has 3 aliphatic rings. The molecule has 1 saturated heterocycles. The van der Waals surface area contributed by atoms with Crippen LogP contribution in [0.5, 0.6) is 0 Å². The van der Waals surface area contributed by atoms with E-state index < -0.39 is 5.60 Å². The number of amides is 1. The Bertz CT molecular complexity index is 1510. The van der Waals surface area contributed by atoms with Gasteiger partial charge in [-0.1, -0.05) is 18.2 Å². The van der Waals surface area contributed by atoms with Gasteiger partial charge in [-0.2, -0.15) is 0 Å². The minimum absolute atomic E-state index is 0.0205. The average molecular weight is 484 g/mol. The summed E-state index contributed by atoms with van der Waals surface area (Å²) < 4.78 is 4.68. The lowest BCUT2D eigenvalue weighted by Gasteiger charge is -2.33. The van der Waals surface area contributed by atoms with Gasteiger partial charge >= 0.3 is 0 Å².